The van der Waals surface area contributed by atoms with Crippen molar-refractivity contribution in [1.82, 2.24) is 5.16 Å². The lowest BCUT2D eigenvalue weighted by Crippen LogP contribution is -2.28. The van der Waals surface area contributed by atoms with E-state index < -0.39 is 16.0 Å². The molecule has 0 saturated carbocycles. The zero-order valence-corrected chi connectivity index (χ0v) is 15.3. The summed E-state index contributed by atoms with van der Waals surface area (Å²) in [6.45, 7) is 0.420. The van der Waals surface area contributed by atoms with Crippen LogP contribution in [0.2, 0.25) is 0 Å². The number of benzene rings is 1. The molecule has 0 amide bonds. The van der Waals surface area contributed by atoms with Gasteiger partial charge in [-0.25, -0.2) is 13.2 Å². The van der Waals surface area contributed by atoms with Crippen molar-refractivity contribution in [3.8, 4) is 10.6 Å². The standard InChI is InChI=1S/C17H14N2O5S2/c1-23-17(20)12-10-14(24-18-12)15-6-7-16(25-15)26(21,22)19-9-8-11-4-2-3-5-13(11)19/h2-7,10H,8-9H2,1H3. The SMILES string of the molecule is COC(=O)c1cc(-c2ccc(S(=O)(=O)N3CCc4ccccc43)s2)on1. The first kappa shape index (κ1) is 16.8. The Morgan fingerprint density at radius 2 is 2.08 bits per heavy atom. The summed E-state index contributed by atoms with van der Waals surface area (Å²) >= 11 is 1.07. The smallest absolute Gasteiger partial charge is 0.360 e. The van der Waals surface area contributed by atoms with Crippen LogP contribution in [0.25, 0.3) is 10.6 Å². The zero-order chi connectivity index (χ0) is 18.3. The number of ether oxygens (including phenoxy) is 1. The number of fused-ring (bicyclic) bond motifs is 1. The summed E-state index contributed by atoms with van der Waals surface area (Å²) in [6, 6.07) is 12.1. The van der Waals surface area contributed by atoms with E-state index in [2.05, 4.69) is 9.89 Å². The van der Waals surface area contributed by atoms with Crippen LogP contribution in [0, 0.1) is 0 Å². The second kappa shape index (κ2) is 6.26. The molecule has 26 heavy (non-hydrogen) atoms. The highest BCUT2D eigenvalue weighted by atomic mass is 32.2. The number of carbonyl (C=O) groups excluding carboxylic acids is 1. The number of methoxy groups -OCH3 is 1. The van der Waals surface area contributed by atoms with Crippen LogP contribution in [-0.2, 0) is 21.2 Å². The molecule has 1 aliphatic rings. The molecule has 1 aliphatic heterocycles. The van der Waals surface area contributed by atoms with Crippen molar-refractivity contribution < 1.29 is 22.5 Å². The third-order valence-electron chi connectivity index (χ3n) is 4.12. The second-order valence-electron chi connectivity index (χ2n) is 5.64. The minimum absolute atomic E-state index is 0.0359. The van der Waals surface area contributed by atoms with E-state index in [0.29, 0.717) is 23.6 Å². The topological polar surface area (TPSA) is 89.7 Å². The minimum atomic E-state index is -3.66. The van der Waals surface area contributed by atoms with Crippen molar-refractivity contribution in [2.75, 3.05) is 18.0 Å². The summed E-state index contributed by atoms with van der Waals surface area (Å²) in [6.07, 6.45) is 0.693. The van der Waals surface area contributed by atoms with Gasteiger partial charge in [0.05, 0.1) is 17.7 Å². The fourth-order valence-electron chi connectivity index (χ4n) is 2.85. The highest BCUT2D eigenvalue weighted by Crippen LogP contribution is 2.37. The Hall–Kier alpha value is -2.65. The average Bonchev–Trinajstić information content (AvgIpc) is 3.39. The summed E-state index contributed by atoms with van der Waals surface area (Å²) in [5.41, 5.74) is 1.77. The van der Waals surface area contributed by atoms with E-state index in [9.17, 15) is 13.2 Å². The Labute approximate surface area is 153 Å². The van der Waals surface area contributed by atoms with Gasteiger partial charge >= 0.3 is 5.97 Å². The van der Waals surface area contributed by atoms with Crippen LogP contribution in [0.3, 0.4) is 0 Å². The molecule has 1 aromatic carbocycles. The van der Waals surface area contributed by atoms with Crippen molar-refractivity contribution in [2.24, 2.45) is 0 Å². The molecule has 0 unspecified atom stereocenters. The van der Waals surface area contributed by atoms with E-state index in [4.69, 9.17) is 4.52 Å². The van der Waals surface area contributed by atoms with Crippen molar-refractivity contribution >= 4 is 33.0 Å². The molecule has 0 bridgehead atoms. The van der Waals surface area contributed by atoms with Crippen LogP contribution < -0.4 is 4.31 Å². The maximum atomic E-state index is 13.0. The van der Waals surface area contributed by atoms with Crippen molar-refractivity contribution in [1.29, 1.82) is 0 Å². The van der Waals surface area contributed by atoms with Crippen LogP contribution in [0.1, 0.15) is 16.1 Å². The zero-order valence-electron chi connectivity index (χ0n) is 13.7. The van der Waals surface area contributed by atoms with Gasteiger partial charge in [0.15, 0.2) is 11.5 Å². The largest absolute Gasteiger partial charge is 0.464 e. The third kappa shape index (κ3) is 2.69. The molecule has 9 heteroatoms. The lowest BCUT2D eigenvalue weighted by Gasteiger charge is -2.18. The van der Waals surface area contributed by atoms with E-state index in [0.717, 1.165) is 22.6 Å². The van der Waals surface area contributed by atoms with Gasteiger partial charge in [0.2, 0.25) is 0 Å². The van der Waals surface area contributed by atoms with Gasteiger partial charge in [-0.1, -0.05) is 23.4 Å². The van der Waals surface area contributed by atoms with Gasteiger partial charge in [0.1, 0.15) is 4.21 Å². The molecule has 4 rings (SSSR count). The van der Waals surface area contributed by atoms with E-state index in [1.165, 1.54) is 23.5 Å². The maximum absolute atomic E-state index is 13.0. The number of aromatic nitrogens is 1. The molecule has 3 heterocycles. The summed E-state index contributed by atoms with van der Waals surface area (Å²) in [5, 5.41) is 3.64. The van der Waals surface area contributed by atoms with Crippen LogP contribution in [0.15, 0.2) is 51.2 Å². The lowest BCUT2D eigenvalue weighted by atomic mass is 10.2. The molecule has 7 nitrogen and oxygen atoms in total. The van der Waals surface area contributed by atoms with E-state index in [1.54, 1.807) is 6.07 Å². The van der Waals surface area contributed by atoms with E-state index >= 15 is 0 Å². The van der Waals surface area contributed by atoms with Crippen LogP contribution in [0.5, 0.6) is 0 Å². The number of hydrogen-bond donors (Lipinski definition) is 0. The Morgan fingerprint density at radius 3 is 2.88 bits per heavy atom. The van der Waals surface area contributed by atoms with E-state index in [-0.39, 0.29) is 9.90 Å². The quantitative estimate of drug-likeness (QED) is 0.636. The van der Waals surface area contributed by atoms with Gasteiger partial charge in [0, 0.05) is 12.6 Å². The molecule has 0 N–H and O–H groups in total. The summed E-state index contributed by atoms with van der Waals surface area (Å²) < 4.78 is 37.4. The number of anilines is 1. The molecule has 134 valence electrons. The molecule has 0 aliphatic carbocycles. The fourth-order valence-corrected chi connectivity index (χ4v) is 5.72. The van der Waals surface area contributed by atoms with Crippen molar-refractivity contribution in [2.45, 2.75) is 10.6 Å². The molecule has 0 fully saturated rings. The predicted octanol–water partition coefficient (Wildman–Crippen LogP) is 2.94. The number of sulfonamides is 1. The number of hydrogen-bond acceptors (Lipinski definition) is 7. The minimum Gasteiger partial charge on any atom is -0.464 e. The first-order valence-electron chi connectivity index (χ1n) is 7.76. The van der Waals surface area contributed by atoms with Crippen molar-refractivity contribution in [3.63, 3.8) is 0 Å². The maximum Gasteiger partial charge on any atom is 0.360 e. The van der Waals surface area contributed by atoms with Crippen LogP contribution in [0.4, 0.5) is 5.69 Å². The third-order valence-corrected chi connectivity index (χ3v) is 7.50. The number of para-hydroxylation sites is 1. The molecular weight excluding hydrogens is 376 g/mol. The number of nitrogens with zero attached hydrogens (tertiary/aromatic N) is 2. The van der Waals surface area contributed by atoms with Gasteiger partial charge in [-0.05, 0) is 30.2 Å². The highest BCUT2D eigenvalue weighted by Gasteiger charge is 2.32. The molecule has 0 saturated heterocycles. The normalized spacial score (nSPS) is 13.7. The lowest BCUT2D eigenvalue weighted by molar-refractivity contribution is 0.0589. The predicted molar refractivity (Wildman–Crippen MR) is 95.8 cm³/mol. The van der Waals surface area contributed by atoms with Gasteiger partial charge < -0.3 is 9.26 Å². The van der Waals surface area contributed by atoms with Gasteiger partial charge in [0.25, 0.3) is 10.0 Å². The first-order chi connectivity index (χ1) is 12.5. The molecule has 2 aromatic heterocycles. The van der Waals surface area contributed by atoms with Gasteiger partial charge in [-0.2, -0.15) is 0 Å². The molecular formula is C17H14N2O5S2. The number of carbonyl (C=O) groups is 1. The summed E-state index contributed by atoms with van der Waals surface area (Å²) in [5.74, 6) is -0.295. The second-order valence-corrected chi connectivity index (χ2v) is 8.82. The summed E-state index contributed by atoms with van der Waals surface area (Å²) in [4.78, 5) is 12.0. The Morgan fingerprint density at radius 1 is 1.27 bits per heavy atom. The van der Waals surface area contributed by atoms with Crippen LogP contribution >= 0.6 is 11.3 Å². The Balaban J connectivity index is 1.66. The van der Waals surface area contributed by atoms with E-state index in [1.807, 2.05) is 24.3 Å². The van der Waals surface area contributed by atoms with Gasteiger partial charge in [-0.3, -0.25) is 4.31 Å². The monoisotopic (exact) mass is 390 g/mol. The summed E-state index contributed by atoms with van der Waals surface area (Å²) in [7, 11) is -2.40. The first-order valence-corrected chi connectivity index (χ1v) is 10.0. The molecule has 0 radical (unpaired) electrons. The Kier molecular flexibility index (Phi) is 4.04. The average molecular weight is 390 g/mol. The number of esters is 1. The number of thiophene rings is 1. The van der Waals surface area contributed by atoms with Gasteiger partial charge in [-0.15, -0.1) is 11.3 Å². The Bertz CT molecular complexity index is 1080. The molecule has 3 aromatic rings. The molecule has 0 spiro atoms. The van der Waals surface area contributed by atoms with Crippen LogP contribution in [-0.4, -0.2) is 33.2 Å². The number of rotatable bonds is 4. The van der Waals surface area contributed by atoms with Crippen molar-refractivity contribution in [3.05, 3.63) is 53.7 Å². The molecule has 0 atom stereocenters. The fraction of sp³-hybridized carbons (Fsp3) is 0.176. The highest BCUT2D eigenvalue weighted by molar-refractivity contribution is 7.94.